The van der Waals surface area contributed by atoms with E-state index in [9.17, 15) is 0 Å². The first-order valence-electron chi connectivity index (χ1n) is 6.56. The van der Waals surface area contributed by atoms with Crippen LogP contribution in [-0.4, -0.2) is 24.6 Å². The van der Waals surface area contributed by atoms with Crippen molar-refractivity contribution in [3.05, 3.63) is 16.1 Å². The minimum atomic E-state index is 0.487. The normalized spacial score (nSPS) is 24.4. The van der Waals surface area contributed by atoms with E-state index in [1.807, 2.05) is 0 Å². The molecular formula is C13H23N3S. The van der Waals surface area contributed by atoms with Crippen LogP contribution in [0.15, 0.2) is 5.38 Å². The molecule has 1 aromatic heterocycles. The molecule has 1 aromatic rings. The van der Waals surface area contributed by atoms with Crippen LogP contribution < -0.4 is 10.6 Å². The molecule has 1 aliphatic rings. The largest absolute Gasteiger partial charge is 0.316 e. The van der Waals surface area contributed by atoms with Crippen LogP contribution in [0.4, 0.5) is 0 Å². The summed E-state index contributed by atoms with van der Waals surface area (Å²) in [5.41, 5.74) is 1.62. The summed E-state index contributed by atoms with van der Waals surface area (Å²) in [4.78, 5) is 4.48. The maximum atomic E-state index is 4.48. The van der Waals surface area contributed by atoms with E-state index in [-0.39, 0.29) is 0 Å². The minimum absolute atomic E-state index is 0.487. The average Bonchev–Trinajstić information content (AvgIpc) is 2.90. The lowest BCUT2D eigenvalue weighted by molar-refractivity contribution is 0.276. The lowest BCUT2D eigenvalue weighted by atomic mass is 9.82. The van der Waals surface area contributed by atoms with Crippen LogP contribution >= 0.6 is 11.3 Å². The van der Waals surface area contributed by atoms with Crippen LogP contribution in [0.3, 0.4) is 0 Å². The lowest BCUT2D eigenvalue weighted by Crippen LogP contribution is -2.35. The molecule has 3 nitrogen and oxygen atoms in total. The fourth-order valence-corrected chi connectivity index (χ4v) is 3.44. The van der Waals surface area contributed by atoms with Crippen LogP contribution in [0.1, 0.15) is 36.9 Å². The molecule has 0 spiro atoms. The molecule has 2 heterocycles. The second-order valence-corrected chi connectivity index (χ2v) is 6.11. The van der Waals surface area contributed by atoms with Gasteiger partial charge >= 0.3 is 0 Å². The Bertz CT molecular complexity index is 342. The van der Waals surface area contributed by atoms with E-state index in [4.69, 9.17) is 0 Å². The van der Waals surface area contributed by atoms with Gasteiger partial charge in [0.15, 0.2) is 0 Å². The fraction of sp³-hybridized carbons (Fsp3) is 0.769. The zero-order valence-electron chi connectivity index (χ0n) is 10.9. The van der Waals surface area contributed by atoms with Crippen molar-refractivity contribution in [2.24, 2.45) is 5.41 Å². The van der Waals surface area contributed by atoms with Crippen LogP contribution in [0, 0.1) is 12.3 Å². The van der Waals surface area contributed by atoms with Crippen molar-refractivity contribution in [1.82, 2.24) is 15.6 Å². The molecule has 0 amide bonds. The van der Waals surface area contributed by atoms with E-state index < -0.39 is 0 Å². The number of hydrogen-bond donors (Lipinski definition) is 2. The smallest absolute Gasteiger partial charge is 0.107 e. The molecule has 1 aliphatic heterocycles. The summed E-state index contributed by atoms with van der Waals surface area (Å²) in [5, 5.41) is 10.4. The zero-order valence-corrected chi connectivity index (χ0v) is 11.7. The second-order valence-electron chi connectivity index (χ2n) is 5.16. The van der Waals surface area contributed by atoms with E-state index in [1.165, 1.54) is 37.4 Å². The summed E-state index contributed by atoms with van der Waals surface area (Å²) in [6.07, 6.45) is 3.91. The van der Waals surface area contributed by atoms with Crippen molar-refractivity contribution in [2.75, 3.05) is 19.6 Å². The van der Waals surface area contributed by atoms with Gasteiger partial charge in [0.2, 0.25) is 0 Å². The summed E-state index contributed by atoms with van der Waals surface area (Å²) < 4.78 is 0. The first-order chi connectivity index (χ1) is 8.24. The van der Waals surface area contributed by atoms with Gasteiger partial charge in [0.25, 0.3) is 0 Å². The van der Waals surface area contributed by atoms with Gasteiger partial charge in [-0.3, -0.25) is 0 Å². The number of aryl methyl sites for hydroxylation is 1. The fourth-order valence-electron chi connectivity index (χ4n) is 2.70. The number of nitrogens with one attached hydrogen (secondary N) is 2. The first kappa shape index (κ1) is 13.0. The van der Waals surface area contributed by atoms with Crippen molar-refractivity contribution in [3.8, 4) is 0 Å². The third-order valence-corrected chi connectivity index (χ3v) is 4.52. The van der Waals surface area contributed by atoms with Crippen molar-refractivity contribution in [2.45, 2.75) is 39.7 Å². The molecular weight excluding hydrogens is 230 g/mol. The van der Waals surface area contributed by atoms with Crippen LogP contribution in [-0.2, 0) is 6.54 Å². The number of rotatable bonds is 6. The van der Waals surface area contributed by atoms with Crippen molar-refractivity contribution >= 4 is 11.3 Å². The third kappa shape index (κ3) is 3.50. The van der Waals surface area contributed by atoms with E-state index in [1.54, 1.807) is 11.3 Å². The molecule has 96 valence electrons. The molecule has 0 aromatic carbocycles. The highest BCUT2D eigenvalue weighted by Gasteiger charge is 2.32. The summed E-state index contributed by atoms with van der Waals surface area (Å²) in [7, 11) is 0. The Hall–Kier alpha value is -0.450. The van der Waals surface area contributed by atoms with Crippen LogP contribution in [0.2, 0.25) is 0 Å². The highest BCUT2D eigenvalue weighted by atomic mass is 32.1. The van der Waals surface area contributed by atoms with Gasteiger partial charge in [0, 0.05) is 30.7 Å². The Morgan fingerprint density at radius 1 is 1.59 bits per heavy atom. The van der Waals surface area contributed by atoms with Gasteiger partial charge in [-0.25, -0.2) is 4.98 Å². The lowest BCUT2D eigenvalue weighted by Gasteiger charge is -2.28. The average molecular weight is 253 g/mol. The Balaban J connectivity index is 1.79. The van der Waals surface area contributed by atoms with Gasteiger partial charge in [-0.2, -0.15) is 0 Å². The molecule has 0 radical (unpaired) electrons. The summed E-state index contributed by atoms with van der Waals surface area (Å²) in [5.74, 6) is 0. The molecule has 1 fully saturated rings. The Kier molecular flexibility index (Phi) is 4.54. The molecule has 0 aliphatic carbocycles. The van der Waals surface area contributed by atoms with Crippen LogP contribution in [0.25, 0.3) is 0 Å². The van der Waals surface area contributed by atoms with E-state index in [0.29, 0.717) is 5.41 Å². The molecule has 1 saturated heterocycles. The molecule has 2 rings (SSSR count). The molecule has 0 bridgehead atoms. The summed E-state index contributed by atoms with van der Waals surface area (Å²) >= 11 is 1.76. The number of thiazole rings is 1. The van der Waals surface area contributed by atoms with E-state index in [0.717, 1.165) is 18.8 Å². The minimum Gasteiger partial charge on any atom is -0.316 e. The number of aromatic nitrogens is 1. The van der Waals surface area contributed by atoms with Crippen molar-refractivity contribution < 1.29 is 0 Å². The standard InChI is InChI=1S/C13H23N3S/c1-3-4-13(5-6-14-9-13)10-15-7-12-16-11(2)8-17-12/h8,14-15H,3-7,9-10H2,1-2H3. The van der Waals surface area contributed by atoms with Crippen molar-refractivity contribution in [3.63, 3.8) is 0 Å². The van der Waals surface area contributed by atoms with E-state index in [2.05, 4.69) is 34.8 Å². The van der Waals surface area contributed by atoms with Gasteiger partial charge in [-0.05, 0) is 31.7 Å². The SMILES string of the molecule is CCCC1(CNCc2nc(C)cs2)CCNC1. The molecule has 17 heavy (non-hydrogen) atoms. The maximum absolute atomic E-state index is 4.48. The number of hydrogen-bond acceptors (Lipinski definition) is 4. The van der Waals surface area contributed by atoms with Crippen LogP contribution in [0.5, 0.6) is 0 Å². The maximum Gasteiger partial charge on any atom is 0.107 e. The Morgan fingerprint density at radius 3 is 3.06 bits per heavy atom. The van der Waals surface area contributed by atoms with Gasteiger partial charge in [-0.1, -0.05) is 13.3 Å². The number of nitrogens with zero attached hydrogens (tertiary/aromatic N) is 1. The first-order valence-corrected chi connectivity index (χ1v) is 7.44. The van der Waals surface area contributed by atoms with Gasteiger partial charge < -0.3 is 10.6 Å². The predicted molar refractivity (Wildman–Crippen MR) is 73.4 cm³/mol. The Labute approximate surface area is 108 Å². The second kappa shape index (κ2) is 5.94. The molecule has 1 atom stereocenters. The molecule has 4 heteroatoms. The highest BCUT2D eigenvalue weighted by molar-refractivity contribution is 7.09. The highest BCUT2D eigenvalue weighted by Crippen LogP contribution is 2.30. The molecule has 0 saturated carbocycles. The topological polar surface area (TPSA) is 37.0 Å². The van der Waals surface area contributed by atoms with E-state index >= 15 is 0 Å². The zero-order chi connectivity index (χ0) is 12.1. The monoisotopic (exact) mass is 253 g/mol. The quantitative estimate of drug-likeness (QED) is 0.817. The summed E-state index contributed by atoms with van der Waals surface area (Å²) in [6, 6.07) is 0. The van der Waals surface area contributed by atoms with Gasteiger partial charge in [0.05, 0.1) is 0 Å². The molecule has 1 unspecified atom stereocenters. The third-order valence-electron chi connectivity index (χ3n) is 3.56. The predicted octanol–water partition coefficient (Wildman–Crippen LogP) is 2.32. The van der Waals surface area contributed by atoms with Crippen molar-refractivity contribution in [1.29, 1.82) is 0 Å². The Morgan fingerprint density at radius 2 is 2.47 bits per heavy atom. The van der Waals surface area contributed by atoms with Gasteiger partial charge in [0.1, 0.15) is 5.01 Å². The van der Waals surface area contributed by atoms with Gasteiger partial charge in [-0.15, -0.1) is 11.3 Å². The summed E-state index contributed by atoms with van der Waals surface area (Å²) in [6.45, 7) is 8.73. The molecule has 2 N–H and O–H groups in total.